The van der Waals surface area contributed by atoms with E-state index in [1.807, 2.05) is 13.0 Å². The zero-order chi connectivity index (χ0) is 11.4. The summed E-state index contributed by atoms with van der Waals surface area (Å²) in [7, 11) is 0. The third-order valence-electron chi connectivity index (χ3n) is 2.50. The number of hydrogen-bond acceptors (Lipinski definition) is 2. The maximum atomic E-state index is 10.8. The van der Waals surface area contributed by atoms with Gasteiger partial charge in [0.25, 0.3) is 0 Å². The van der Waals surface area contributed by atoms with E-state index in [0.29, 0.717) is 11.6 Å². The molecule has 1 unspecified atom stereocenters. The molecule has 0 saturated carbocycles. The molecule has 0 radical (unpaired) electrons. The minimum atomic E-state index is -0.887. The Kier molecular flexibility index (Phi) is 3.72. The van der Waals surface area contributed by atoms with Gasteiger partial charge in [0.1, 0.15) is 0 Å². The highest BCUT2D eigenvalue weighted by molar-refractivity contribution is 5.89. The van der Waals surface area contributed by atoms with Crippen LogP contribution in [0.3, 0.4) is 0 Å². The average Bonchev–Trinajstić information content (AvgIpc) is 2.20. The molecular weight excluding hydrogens is 190 g/mol. The number of aromatic carboxylic acids is 1. The van der Waals surface area contributed by atoms with Crippen LogP contribution < -0.4 is 5.32 Å². The lowest BCUT2D eigenvalue weighted by Crippen LogP contribution is -2.14. The molecule has 1 aromatic carbocycles. The fourth-order valence-corrected chi connectivity index (χ4v) is 1.28. The van der Waals surface area contributed by atoms with Gasteiger partial charge in [-0.15, -0.1) is 0 Å². The summed E-state index contributed by atoms with van der Waals surface area (Å²) in [6.07, 6.45) is 1.01. The first-order chi connectivity index (χ1) is 7.04. The topological polar surface area (TPSA) is 49.3 Å². The molecular formula is C12H17NO2. The van der Waals surface area contributed by atoms with Gasteiger partial charge >= 0.3 is 5.97 Å². The Hall–Kier alpha value is -1.51. The van der Waals surface area contributed by atoms with E-state index in [4.69, 9.17) is 5.11 Å². The highest BCUT2D eigenvalue weighted by atomic mass is 16.4. The summed E-state index contributed by atoms with van der Waals surface area (Å²) in [4.78, 5) is 10.8. The molecule has 82 valence electrons. The number of carboxylic acid groups (broad SMARTS) is 1. The SMILES string of the molecule is CCC(C)Nc1cc(C(=O)O)ccc1C. The van der Waals surface area contributed by atoms with Crippen LogP contribution in [0.25, 0.3) is 0 Å². The molecule has 1 aromatic rings. The number of aryl methyl sites for hydroxylation is 1. The highest BCUT2D eigenvalue weighted by Gasteiger charge is 2.07. The molecule has 0 amide bonds. The fourth-order valence-electron chi connectivity index (χ4n) is 1.28. The summed E-state index contributed by atoms with van der Waals surface area (Å²) in [6.45, 7) is 6.14. The number of carbonyl (C=O) groups is 1. The summed E-state index contributed by atoms with van der Waals surface area (Å²) in [5.74, 6) is -0.887. The molecule has 0 aromatic heterocycles. The molecule has 0 spiro atoms. The Labute approximate surface area is 90.1 Å². The molecule has 0 aliphatic carbocycles. The lowest BCUT2D eigenvalue weighted by Gasteiger charge is -2.15. The van der Waals surface area contributed by atoms with Gasteiger partial charge in [0.2, 0.25) is 0 Å². The normalized spacial score (nSPS) is 12.2. The molecule has 1 rings (SSSR count). The number of carboxylic acids is 1. The second kappa shape index (κ2) is 4.82. The van der Waals surface area contributed by atoms with Crippen molar-refractivity contribution in [1.29, 1.82) is 0 Å². The van der Waals surface area contributed by atoms with Gasteiger partial charge < -0.3 is 10.4 Å². The fraction of sp³-hybridized carbons (Fsp3) is 0.417. The first-order valence-electron chi connectivity index (χ1n) is 5.15. The van der Waals surface area contributed by atoms with Crippen molar-refractivity contribution >= 4 is 11.7 Å². The van der Waals surface area contributed by atoms with Crippen LogP contribution in [0.2, 0.25) is 0 Å². The second-order valence-electron chi connectivity index (χ2n) is 3.79. The molecule has 0 aliphatic heterocycles. The van der Waals surface area contributed by atoms with Crippen molar-refractivity contribution in [3.63, 3.8) is 0 Å². The molecule has 2 N–H and O–H groups in total. The summed E-state index contributed by atoms with van der Waals surface area (Å²) in [6, 6.07) is 5.49. The van der Waals surface area contributed by atoms with Crippen LogP contribution in [0.4, 0.5) is 5.69 Å². The van der Waals surface area contributed by atoms with Crippen LogP contribution in [0.1, 0.15) is 36.2 Å². The van der Waals surface area contributed by atoms with Crippen molar-refractivity contribution in [3.05, 3.63) is 29.3 Å². The average molecular weight is 207 g/mol. The molecule has 0 fully saturated rings. The van der Waals surface area contributed by atoms with Crippen molar-refractivity contribution < 1.29 is 9.90 Å². The van der Waals surface area contributed by atoms with Crippen LogP contribution in [0.15, 0.2) is 18.2 Å². The first kappa shape index (κ1) is 11.6. The van der Waals surface area contributed by atoms with E-state index < -0.39 is 5.97 Å². The van der Waals surface area contributed by atoms with Gasteiger partial charge in [0, 0.05) is 11.7 Å². The number of benzene rings is 1. The van der Waals surface area contributed by atoms with Crippen LogP contribution >= 0.6 is 0 Å². The van der Waals surface area contributed by atoms with Gasteiger partial charge in [-0.05, 0) is 38.0 Å². The second-order valence-corrected chi connectivity index (χ2v) is 3.79. The minimum Gasteiger partial charge on any atom is -0.478 e. The maximum absolute atomic E-state index is 10.8. The molecule has 0 aliphatic rings. The van der Waals surface area contributed by atoms with Gasteiger partial charge in [-0.1, -0.05) is 13.0 Å². The standard InChI is InChI=1S/C12H17NO2/c1-4-9(3)13-11-7-10(12(14)15)6-5-8(11)2/h5-7,9,13H,4H2,1-3H3,(H,14,15). The van der Waals surface area contributed by atoms with Gasteiger partial charge in [-0.25, -0.2) is 4.79 Å². The van der Waals surface area contributed by atoms with Crippen molar-refractivity contribution in [3.8, 4) is 0 Å². The number of anilines is 1. The van der Waals surface area contributed by atoms with Crippen molar-refractivity contribution in [2.45, 2.75) is 33.2 Å². The summed E-state index contributed by atoms with van der Waals surface area (Å²) in [5, 5.41) is 12.2. The van der Waals surface area contributed by atoms with Crippen molar-refractivity contribution in [2.24, 2.45) is 0 Å². The first-order valence-corrected chi connectivity index (χ1v) is 5.15. The van der Waals surface area contributed by atoms with Gasteiger partial charge in [-0.2, -0.15) is 0 Å². The molecule has 15 heavy (non-hydrogen) atoms. The minimum absolute atomic E-state index is 0.325. The number of rotatable bonds is 4. The van der Waals surface area contributed by atoms with E-state index in [9.17, 15) is 4.79 Å². The smallest absolute Gasteiger partial charge is 0.335 e. The van der Waals surface area contributed by atoms with E-state index in [2.05, 4.69) is 19.2 Å². The van der Waals surface area contributed by atoms with E-state index in [1.54, 1.807) is 12.1 Å². The Morgan fingerprint density at radius 1 is 1.53 bits per heavy atom. The van der Waals surface area contributed by atoms with Crippen LogP contribution in [0.5, 0.6) is 0 Å². The number of hydrogen-bond donors (Lipinski definition) is 2. The highest BCUT2D eigenvalue weighted by Crippen LogP contribution is 2.18. The summed E-state index contributed by atoms with van der Waals surface area (Å²) >= 11 is 0. The Balaban J connectivity index is 2.95. The van der Waals surface area contributed by atoms with E-state index in [0.717, 1.165) is 17.7 Å². The van der Waals surface area contributed by atoms with Gasteiger partial charge in [-0.3, -0.25) is 0 Å². The zero-order valence-electron chi connectivity index (χ0n) is 9.37. The van der Waals surface area contributed by atoms with E-state index >= 15 is 0 Å². The predicted molar refractivity (Wildman–Crippen MR) is 61.5 cm³/mol. The zero-order valence-corrected chi connectivity index (χ0v) is 9.37. The summed E-state index contributed by atoms with van der Waals surface area (Å²) < 4.78 is 0. The summed E-state index contributed by atoms with van der Waals surface area (Å²) in [5.41, 5.74) is 2.30. The van der Waals surface area contributed by atoms with Gasteiger partial charge in [0.15, 0.2) is 0 Å². The van der Waals surface area contributed by atoms with Crippen molar-refractivity contribution in [1.82, 2.24) is 0 Å². The van der Waals surface area contributed by atoms with Crippen LogP contribution in [0, 0.1) is 6.92 Å². The Morgan fingerprint density at radius 3 is 2.73 bits per heavy atom. The monoisotopic (exact) mass is 207 g/mol. The number of nitrogens with one attached hydrogen (secondary N) is 1. The predicted octanol–water partition coefficient (Wildman–Crippen LogP) is 2.90. The largest absolute Gasteiger partial charge is 0.478 e. The molecule has 3 heteroatoms. The third-order valence-corrected chi connectivity index (χ3v) is 2.50. The molecule has 3 nitrogen and oxygen atoms in total. The molecule has 0 bridgehead atoms. The Morgan fingerprint density at radius 2 is 2.20 bits per heavy atom. The molecule has 1 atom stereocenters. The molecule has 0 saturated heterocycles. The van der Waals surface area contributed by atoms with Crippen LogP contribution in [-0.2, 0) is 0 Å². The Bertz CT molecular complexity index is 361. The van der Waals surface area contributed by atoms with Crippen molar-refractivity contribution in [2.75, 3.05) is 5.32 Å². The van der Waals surface area contributed by atoms with E-state index in [1.165, 1.54) is 0 Å². The lowest BCUT2D eigenvalue weighted by molar-refractivity contribution is 0.0697. The quantitative estimate of drug-likeness (QED) is 0.798. The lowest BCUT2D eigenvalue weighted by atomic mass is 10.1. The van der Waals surface area contributed by atoms with Gasteiger partial charge in [0.05, 0.1) is 5.56 Å². The van der Waals surface area contributed by atoms with Crippen LogP contribution in [-0.4, -0.2) is 17.1 Å². The molecule has 0 heterocycles. The maximum Gasteiger partial charge on any atom is 0.335 e. The third kappa shape index (κ3) is 2.98. The van der Waals surface area contributed by atoms with E-state index in [-0.39, 0.29) is 0 Å².